The summed E-state index contributed by atoms with van der Waals surface area (Å²) in [5.41, 5.74) is 1.24. The van der Waals surface area contributed by atoms with Crippen LogP contribution in [0, 0.1) is 5.92 Å². The third-order valence-corrected chi connectivity index (χ3v) is 3.93. The number of hydrogen-bond acceptors (Lipinski definition) is 3. The lowest BCUT2D eigenvalue weighted by molar-refractivity contribution is 0.227. The van der Waals surface area contributed by atoms with Crippen LogP contribution < -0.4 is 10.1 Å². The molecule has 0 fully saturated rings. The van der Waals surface area contributed by atoms with E-state index in [4.69, 9.17) is 9.84 Å². The van der Waals surface area contributed by atoms with E-state index in [9.17, 15) is 0 Å². The van der Waals surface area contributed by atoms with Gasteiger partial charge in [0.2, 0.25) is 0 Å². The van der Waals surface area contributed by atoms with Gasteiger partial charge >= 0.3 is 0 Å². The van der Waals surface area contributed by atoms with Crippen molar-refractivity contribution in [3.05, 3.63) is 28.2 Å². The summed E-state index contributed by atoms with van der Waals surface area (Å²) < 4.78 is 6.21. The molecule has 0 heterocycles. The van der Waals surface area contributed by atoms with Crippen molar-refractivity contribution in [2.75, 3.05) is 20.3 Å². The first-order chi connectivity index (χ1) is 9.08. The second-order valence-corrected chi connectivity index (χ2v) is 5.85. The molecule has 0 amide bonds. The summed E-state index contributed by atoms with van der Waals surface area (Å²) in [6.07, 6.45) is 2.14. The lowest BCUT2D eigenvalue weighted by Gasteiger charge is -2.16. The van der Waals surface area contributed by atoms with Crippen LogP contribution in [0.15, 0.2) is 22.7 Å². The minimum Gasteiger partial charge on any atom is -0.496 e. The maximum Gasteiger partial charge on any atom is 0.133 e. The van der Waals surface area contributed by atoms with Gasteiger partial charge in [0.05, 0.1) is 11.6 Å². The molecule has 4 heteroatoms. The minimum absolute atomic E-state index is 0.279. The number of nitrogens with one attached hydrogen (secondary N) is 1. The lowest BCUT2D eigenvalue weighted by Crippen LogP contribution is -2.20. The highest BCUT2D eigenvalue weighted by Gasteiger charge is 2.08. The zero-order valence-electron chi connectivity index (χ0n) is 11.9. The molecule has 0 aromatic heterocycles. The monoisotopic (exact) mass is 329 g/mol. The standard InChI is InChI=1S/C15H24BrNO2/c1-11(10-18)5-4-8-17-12(2)13-6-7-15(19-3)14(16)9-13/h6-7,9,11-12,17-18H,4-5,8,10H2,1-3H3. The molecule has 108 valence electrons. The summed E-state index contributed by atoms with van der Waals surface area (Å²) >= 11 is 3.51. The number of hydrogen-bond donors (Lipinski definition) is 2. The van der Waals surface area contributed by atoms with E-state index in [2.05, 4.69) is 47.2 Å². The molecule has 0 spiro atoms. The average Bonchev–Trinajstić information content (AvgIpc) is 2.42. The van der Waals surface area contributed by atoms with Crippen LogP contribution in [0.5, 0.6) is 5.75 Å². The van der Waals surface area contributed by atoms with Crippen LogP contribution in [0.4, 0.5) is 0 Å². The fourth-order valence-corrected chi connectivity index (χ4v) is 2.49. The van der Waals surface area contributed by atoms with Gasteiger partial charge in [-0.1, -0.05) is 13.0 Å². The molecule has 19 heavy (non-hydrogen) atoms. The smallest absolute Gasteiger partial charge is 0.133 e. The average molecular weight is 330 g/mol. The quantitative estimate of drug-likeness (QED) is 0.717. The molecule has 0 aliphatic carbocycles. The van der Waals surface area contributed by atoms with E-state index in [-0.39, 0.29) is 6.61 Å². The van der Waals surface area contributed by atoms with Crippen LogP contribution in [0.2, 0.25) is 0 Å². The molecule has 2 unspecified atom stereocenters. The number of aliphatic hydroxyl groups excluding tert-OH is 1. The first-order valence-corrected chi connectivity index (χ1v) is 7.55. The van der Waals surface area contributed by atoms with E-state index in [0.29, 0.717) is 12.0 Å². The molecule has 1 aromatic carbocycles. The van der Waals surface area contributed by atoms with Gasteiger partial charge in [-0.15, -0.1) is 0 Å². The first-order valence-electron chi connectivity index (χ1n) is 6.76. The Balaban J connectivity index is 2.41. The maximum absolute atomic E-state index is 8.96. The molecule has 0 saturated heterocycles. The van der Waals surface area contributed by atoms with Crippen molar-refractivity contribution in [1.82, 2.24) is 5.32 Å². The largest absolute Gasteiger partial charge is 0.496 e. The zero-order valence-corrected chi connectivity index (χ0v) is 13.5. The van der Waals surface area contributed by atoms with E-state index in [1.54, 1.807) is 7.11 Å². The molecule has 0 aliphatic heterocycles. The molecule has 2 N–H and O–H groups in total. The SMILES string of the molecule is COc1ccc(C(C)NCCCC(C)CO)cc1Br. The highest BCUT2D eigenvalue weighted by atomic mass is 79.9. The van der Waals surface area contributed by atoms with Crippen molar-refractivity contribution in [3.63, 3.8) is 0 Å². The highest BCUT2D eigenvalue weighted by molar-refractivity contribution is 9.10. The molecular formula is C15H24BrNO2. The summed E-state index contributed by atoms with van der Waals surface area (Å²) in [7, 11) is 1.67. The summed E-state index contributed by atoms with van der Waals surface area (Å²) in [5, 5.41) is 12.5. The predicted molar refractivity (Wildman–Crippen MR) is 82.6 cm³/mol. The second kappa shape index (κ2) is 8.56. The normalized spacial score (nSPS) is 14.2. The molecule has 3 nitrogen and oxygen atoms in total. The van der Waals surface area contributed by atoms with Crippen LogP contribution in [0.1, 0.15) is 38.3 Å². The van der Waals surface area contributed by atoms with Crippen molar-refractivity contribution >= 4 is 15.9 Å². The molecule has 0 bridgehead atoms. The second-order valence-electron chi connectivity index (χ2n) is 5.00. The van der Waals surface area contributed by atoms with Crippen LogP contribution in [-0.4, -0.2) is 25.4 Å². The van der Waals surface area contributed by atoms with Gasteiger partial charge in [-0.3, -0.25) is 0 Å². The zero-order chi connectivity index (χ0) is 14.3. The number of ether oxygens (including phenoxy) is 1. The van der Waals surface area contributed by atoms with Crippen molar-refractivity contribution in [1.29, 1.82) is 0 Å². The van der Waals surface area contributed by atoms with Gasteiger partial charge in [0, 0.05) is 12.6 Å². The highest BCUT2D eigenvalue weighted by Crippen LogP contribution is 2.27. The maximum atomic E-state index is 8.96. The third kappa shape index (κ3) is 5.51. The van der Waals surface area contributed by atoms with Crippen LogP contribution in [0.3, 0.4) is 0 Å². The fourth-order valence-electron chi connectivity index (χ4n) is 1.93. The summed E-state index contributed by atoms with van der Waals surface area (Å²) in [6.45, 7) is 5.48. The summed E-state index contributed by atoms with van der Waals surface area (Å²) in [6, 6.07) is 6.46. The minimum atomic E-state index is 0.279. The summed E-state index contributed by atoms with van der Waals surface area (Å²) in [5.74, 6) is 1.25. The van der Waals surface area contributed by atoms with Crippen LogP contribution in [-0.2, 0) is 0 Å². The van der Waals surface area contributed by atoms with Crippen molar-refractivity contribution in [3.8, 4) is 5.75 Å². The molecule has 0 saturated carbocycles. The van der Waals surface area contributed by atoms with E-state index in [1.165, 1.54) is 5.56 Å². The Bertz CT molecular complexity index is 384. The van der Waals surface area contributed by atoms with Gasteiger partial charge in [0.15, 0.2) is 0 Å². The molecule has 0 radical (unpaired) electrons. The fraction of sp³-hybridized carbons (Fsp3) is 0.600. The van der Waals surface area contributed by atoms with Gasteiger partial charge in [0.25, 0.3) is 0 Å². The van der Waals surface area contributed by atoms with Crippen LogP contribution >= 0.6 is 15.9 Å². The van der Waals surface area contributed by atoms with E-state index < -0.39 is 0 Å². The molecule has 1 aromatic rings. The van der Waals surface area contributed by atoms with Gasteiger partial charge in [-0.05, 0) is 65.9 Å². The Morgan fingerprint density at radius 2 is 2.11 bits per heavy atom. The van der Waals surface area contributed by atoms with Crippen molar-refractivity contribution in [2.24, 2.45) is 5.92 Å². The molecule has 2 atom stereocenters. The number of halogens is 1. The number of benzene rings is 1. The van der Waals surface area contributed by atoms with Gasteiger partial charge in [-0.25, -0.2) is 0 Å². The van der Waals surface area contributed by atoms with Crippen molar-refractivity contribution in [2.45, 2.75) is 32.7 Å². The Morgan fingerprint density at radius 1 is 1.37 bits per heavy atom. The number of aliphatic hydroxyl groups is 1. The van der Waals surface area contributed by atoms with Crippen molar-refractivity contribution < 1.29 is 9.84 Å². The number of rotatable bonds is 8. The lowest BCUT2D eigenvalue weighted by atomic mass is 10.1. The summed E-state index contributed by atoms with van der Waals surface area (Å²) in [4.78, 5) is 0. The molecular weight excluding hydrogens is 306 g/mol. The number of methoxy groups -OCH3 is 1. The van der Waals surface area contributed by atoms with Gasteiger partial charge in [0.1, 0.15) is 5.75 Å². The predicted octanol–water partition coefficient (Wildman–Crippen LogP) is 3.52. The Labute approximate surface area is 124 Å². The van der Waals surface area contributed by atoms with E-state index in [0.717, 1.165) is 29.6 Å². The van der Waals surface area contributed by atoms with Gasteiger partial charge in [-0.2, -0.15) is 0 Å². The molecule has 0 aliphatic rings. The Hall–Kier alpha value is -0.580. The Kier molecular flexibility index (Phi) is 7.42. The van der Waals surface area contributed by atoms with E-state index >= 15 is 0 Å². The topological polar surface area (TPSA) is 41.5 Å². The van der Waals surface area contributed by atoms with Crippen LogP contribution in [0.25, 0.3) is 0 Å². The third-order valence-electron chi connectivity index (χ3n) is 3.31. The van der Waals surface area contributed by atoms with Gasteiger partial charge < -0.3 is 15.2 Å². The first kappa shape index (κ1) is 16.5. The van der Waals surface area contributed by atoms with E-state index in [1.807, 2.05) is 6.07 Å². The molecule has 1 rings (SSSR count). The Morgan fingerprint density at radius 3 is 2.68 bits per heavy atom.